The van der Waals surface area contributed by atoms with E-state index in [1.165, 1.54) is 16.5 Å². The molecule has 1 heterocycles. The maximum atomic E-state index is 10.7. The van der Waals surface area contributed by atoms with Gasteiger partial charge in [0, 0.05) is 23.2 Å². The molecule has 2 aromatic rings. The van der Waals surface area contributed by atoms with Crippen LogP contribution < -0.4 is 5.32 Å². The van der Waals surface area contributed by atoms with Crippen LogP contribution in [0.5, 0.6) is 0 Å². The number of nitro benzene ring substituents is 1. The van der Waals surface area contributed by atoms with E-state index in [0.717, 1.165) is 12.2 Å². The number of nitro groups is 1. The molecule has 1 N–H and O–H groups in total. The zero-order valence-electron chi connectivity index (χ0n) is 9.64. The first-order chi connectivity index (χ1) is 8.58. The minimum Gasteiger partial charge on any atom is -0.380 e. The van der Waals surface area contributed by atoms with Crippen molar-refractivity contribution >= 4 is 45.3 Å². The van der Waals surface area contributed by atoms with Crippen molar-refractivity contribution in [3.05, 3.63) is 53.8 Å². The van der Waals surface area contributed by atoms with Gasteiger partial charge in [0.25, 0.3) is 5.69 Å². The zero-order valence-corrected chi connectivity index (χ0v) is 12.6. The van der Waals surface area contributed by atoms with E-state index in [9.17, 15) is 10.1 Å². The molecule has 0 saturated heterocycles. The minimum absolute atomic E-state index is 0.147. The quantitative estimate of drug-likeness (QED) is 0.496. The van der Waals surface area contributed by atoms with Gasteiger partial charge in [-0.25, -0.2) is 0 Å². The van der Waals surface area contributed by atoms with Crippen molar-refractivity contribution in [3.63, 3.8) is 0 Å². The highest BCUT2D eigenvalue weighted by Crippen LogP contribution is 2.25. The van der Waals surface area contributed by atoms with E-state index in [2.05, 4.69) is 23.7 Å². The number of benzene rings is 1. The van der Waals surface area contributed by atoms with Crippen molar-refractivity contribution in [2.75, 3.05) is 5.32 Å². The van der Waals surface area contributed by atoms with Gasteiger partial charge in [0.2, 0.25) is 0 Å². The van der Waals surface area contributed by atoms with Gasteiger partial charge in [0.1, 0.15) is 0 Å². The van der Waals surface area contributed by atoms with Crippen LogP contribution in [0.3, 0.4) is 0 Å². The van der Waals surface area contributed by atoms with Gasteiger partial charge in [-0.15, -0.1) is 11.3 Å². The molecule has 0 unspecified atom stereocenters. The first-order valence-electron chi connectivity index (χ1n) is 5.28. The molecule has 18 heavy (non-hydrogen) atoms. The summed E-state index contributed by atoms with van der Waals surface area (Å²) < 4.78 is 0.644. The third kappa shape index (κ3) is 2.99. The topological polar surface area (TPSA) is 55.2 Å². The van der Waals surface area contributed by atoms with Crippen LogP contribution in [0.4, 0.5) is 11.4 Å². The number of hydrogen-bond donors (Lipinski definition) is 1. The van der Waals surface area contributed by atoms with Gasteiger partial charge in [-0.2, -0.15) is 0 Å². The summed E-state index contributed by atoms with van der Waals surface area (Å²) in [6.07, 6.45) is 0. The molecular formula is C12H11IN2O2S. The summed E-state index contributed by atoms with van der Waals surface area (Å²) in [6.45, 7) is 2.82. The standard InChI is InChI=1S/C12H11IN2O2S/c1-8-4-5-18-12(8)7-14-9-2-3-11(15(16)17)10(13)6-9/h2-6,14H,7H2,1H3. The lowest BCUT2D eigenvalue weighted by Crippen LogP contribution is -2.00. The molecule has 4 nitrogen and oxygen atoms in total. The number of rotatable bonds is 4. The third-order valence-electron chi connectivity index (χ3n) is 2.57. The number of thiophene rings is 1. The largest absolute Gasteiger partial charge is 0.380 e. The van der Waals surface area contributed by atoms with Gasteiger partial charge in [-0.05, 0) is 58.7 Å². The molecule has 0 amide bonds. The molecule has 0 atom stereocenters. The number of anilines is 1. The van der Waals surface area contributed by atoms with Gasteiger partial charge in [0.15, 0.2) is 0 Å². The zero-order chi connectivity index (χ0) is 13.1. The molecule has 2 rings (SSSR count). The van der Waals surface area contributed by atoms with Gasteiger partial charge in [-0.1, -0.05) is 0 Å². The number of nitrogens with one attached hydrogen (secondary N) is 1. The molecule has 1 aromatic carbocycles. The van der Waals surface area contributed by atoms with E-state index in [0.29, 0.717) is 3.57 Å². The Hall–Kier alpha value is -1.15. The third-order valence-corrected chi connectivity index (χ3v) is 4.45. The van der Waals surface area contributed by atoms with E-state index < -0.39 is 0 Å². The molecular weight excluding hydrogens is 363 g/mol. The molecule has 0 aliphatic carbocycles. The Morgan fingerprint density at radius 3 is 2.78 bits per heavy atom. The average molecular weight is 374 g/mol. The SMILES string of the molecule is Cc1ccsc1CNc1ccc([N+](=O)[O-])c(I)c1. The van der Waals surface area contributed by atoms with Crippen LogP contribution in [0.25, 0.3) is 0 Å². The fraction of sp³-hybridized carbons (Fsp3) is 0.167. The van der Waals surface area contributed by atoms with Crippen LogP contribution in [0.1, 0.15) is 10.4 Å². The van der Waals surface area contributed by atoms with E-state index in [-0.39, 0.29) is 10.6 Å². The Morgan fingerprint density at radius 1 is 1.44 bits per heavy atom. The van der Waals surface area contributed by atoms with Crippen LogP contribution >= 0.6 is 33.9 Å². The Kier molecular flexibility index (Phi) is 4.18. The van der Waals surface area contributed by atoms with Gasteiger partial charge >= 0.3 is 0 Å². The minimum atomic E-state index is -0.366. The van der Waals surface area contributed by atoms with Gasteiger partial charge in [-0.3, -0.25) is 10.1 Å². The van der Waals surface area contributed by atoms with Crippen molar-refractivity contribution < 1.29 is 4.92 Å². The first-order valence-corrected chi connectivity index (χ1v) is 7.24. The lowest BCUT2D eigenvalue weighted by Gasteiger charge is -2.06. The number of halogens is 1. The van der Waals surface area contributed by atoms with E-state index in [1.54, 1.807) is 23.5 Å². The van der Waals surface area contributed by atoms with Gasteiger partial charge in [0.05, 0.1) is 8.49 Å². The molecule has 0 radical (unpaired) electrons. The predicted molar refractivity (Wildman–Crippen MR) is 82.2 cm³/mol. The first kappa shape index (κ1) is 13.3. The molecule has 1 aromatic heterocycles. The molecule has 0 spiro atoms. The van der Waals surface area contributed by atoms with Gasteiger partial charge < -0.3 is 5.32 Å². The summed E-state index contributed by atoms with van der Waals surface area (Å²) in [4.78, 5) is 11.6. The maximum Gasteiger partial charge on any atom is 0.282 e. The fourth-order valence-electron chi connectivity index (χ4n) is 1.53. The average Bonchev–Trinajstić information content (AvgIpc) is 2.72. The summed E-state index contributed by atoms with van der Waals surface area (Å²) >= 11 is 3.69. The van der Waals surface area contributed by atoms with Crippen molar-refractivity contribution in [1.82, 2.24) is 0 Å². The van der Waals surface area contributed by atoms with Crippen LogP contribution in [-0.4, -0.2) is 4.92 Å². The monoisotopic (exact) mass is 374 g/mol. The smallest absolute Gasteiger partial charge is 0.282 e. The van der Waals surface area contributed by atoms with Crippen LogP contribution in [0, 0.1) is 20.6 Å². The predicted octanol–water partition coefficient (Wildman–Crippen LogP) is 4.18. The second-order valence-electron chi connectivity index (χ2n) is 3.80. The Balaban J connectivity index is 2.09. The lowest BCUT2D eigenvalue weighted by atomic mass is 10.2. The molecule has 94 valence electrons. The van der Waals surface area contributed by atoms with E-state index >= 15 is 0 Å². The number of aryl methyl sites for hydroxylation is 1. The van der Waals surface area contributed by atoms with E-state index in [1.807, 2.05) is 22.6 Å². The lowest BCUT2D eigenvalue weighted by molar-refractivity contribution is -0.385. The number of nitrogens with zero attached hydrogens (tertiary/aromatic N) is 1. The second-order valence-corrected chi connectivity index (χ2v) is 5.97. The second kappa shape index (κ2) is 5.66. The summed E-state index contributed by atoms with van der Waals surface area (Å²) in [7, 11) is 0. The Labute approximate surface area is 122 Å². The van der Waals surface area contributed by atoms with Crippen LogP contribution in [-0.2, 0) is 6.54 Å². The molecule has 0 saturated carbocycles. The summed E-state index contributed by atoms with van der Waals surface area (Å²) in [5.74, 6) is 0. The molecule has 0 aliphatic rings. The summed E-state index contributed by atoms with van der Waals surface area (Å²) in [5, 5.41) is 16.0. The maximum absolute atomic E-state index is 10.7. The van der Waals surface area contributed by atoms with E-state index in [4.69, 9.17) is 0 Å². The summed E-state index contributed by atoms with van der Waals surface area (Å²) in [5.41, 5.74) is 2.32. The normalized spacial score (nSPS) is 10.3. The fourth-order valence-corrected chi connectivity index (χ4v) is 3.09. The highest BCUT2D eigenvalue weighted by Gasteiger charge is 2.11. The van der Waals surface area contributed by atoms with Crippen LogP contribution in [0.15, 0.2) is 29.6 Å². The molecule has 0 aliphatic heterocycles. The highest BCUT2D eigenvalue weighted by atomic mass is 127. The molecule has 6 heteroatoms. The van der Waals surface area contributed by atoms with Crippen molar-refractivity contribution in [1.29, 1.82) is 0 Å². The highest BCUT2D eigenvalue weighted by molar-refractivity contribution is 14.1. The molecule has 0 bridgehead atoms. The number of hydrogen-bond acceptors (Lipinski definition) is 4. The molecule has 0 fully saturated rings. The van der Waals surface area contributed by atoms with Crippen molar-refractivity contribution in [3.8, 4) is 0 Å². The summed E-state index contributed by atoms with van der Waals surface area (Å²) in [6, 6.07) is 7.15. The Morgan fingerprint density at radius 2 is 2.22 bits per heavy atom. The van der Waals surface area contributed by atoms with Crippen molar-refractivity contribution in [2.24, 2.45) is 0 Å². The Bertz CT molecular complexity index is 583. The van der Waals surface area contributed by atoms with Crippen LogP contribution in [0.2, 0.25) is 0 Å². The van der Waals surface area contributed by atoms with Crippen molar-refractivity contribution in [2.45, 2.75) is 13.5 Å².